The Balaban J connectivity index is 2.82. The topological polar surface area (TPSA) is 51.4 Å². The van der Waals surface area contributed by atoms with Crippen molar-refractivity contribution in [2.45, 2.75) is 0 Å². The molecule has 1 heterocycles. The Morgan fingerprint density at radius 3 is 2.86 bits per heavy atom. The molecular weight excluding hydrogens is 246 g/mol. The zero-order chi connectivity index (χ0) is 10.6. The first-order chi connectivity index (χ1) is 6.66. The van der Waals surface area contributed by atoms with E-state index < -0.39 is 0 Å². The van der Waals surface area contributed by atoms with Gasteiger partial charge in [0.15, 0.2) is 0 Å². The van der Waals surface area contributed by atoms with Gasteiger partial charge in [-0.25, -0.2) is 0 Å². The third-order valence-corrected chi connectivity index (χ3v) is 2.49. The lowest BCUT2D eigenvalue weighted by Crippen LogP contribution is -2.23. The molecule has 5 heteroatoms. The normalized spacial score (nSPS) is 10.2. The van der Waals surface area contributed by atoms with Crippen molar-refractivity contribution >= 4 is 27.3 Å². The first-order valence-corrected chi connectivity index (χ1v) is 5.05. The summed E-state index contributed by atoms with van der Waals surface area (Å²) in [6.07, 6.45) is 3.37. The van der Waals surface area contributed by atoms with Gasteiger partial charge in [-0.05, 0) is 15.9 Å². The highest BCUT2D eigenvalue weighted by Gasteiger charge is 2.09. The van der Waals surface area contributed by atoms with Crippen LogP contribution in [0.4, 0.5) is 11.4 Å². The molecule has 0 aliphatic rings. The Kier molecular flexibility index (Phi) is 4.16. The van der Waals surface area contributed by atoms with Gasteiger partial charge >= 0.3 is 0 Å². The maximum Gasteiger partial charge on any atom is 0.0774 e. The van der Waals surface area contributed by atoms with Crippen LogP contribution in [0.25, 0.3) is 0 Å². The average molecular weight is 260 g/mol. The minimum Gasteiger partial charge on any atom is -0.396 e. The van der Waals surface area contributed by atoms with Gasteiger partial charge in [-0.3, -0.25) is 4.98 Å². The number of nitrogens with zero attached hydrogens (tertiary/aromatic N) is 2. The highest BCUT2D eigenvalue weighted by atomic mass is 79.9. The molecule has 0 aliphatic heterocycles. The summed E-state index contributed by atoms with van der Waals surface area (Å²) in [5.74, 6) is 0. The lowest BCUT2D eigenvalue weighted by atomic mass is 10.3. The van der Waals surface area contributed by atoms with Crippen molar-refractivity contribution in [3.05, 3.63) is 16.9 Å². The molecule has 1 aromatic rings. The number of rotatable bonds is 4. The minimum absolute atomic E-state index is 0.665. The highest BCUT2D eigenvalue weighted by molar-refractivity contribution is 9.10. The maximum atomic E-state index is 5.82. The van der Waals surface area contributed by atoms with Crippen LogP contribution in [-0.4, -0.2) is 32.3 Å². The van der Waals surface area contributed by atoms with Crippen LogP contribution in [0.5, 0.6) is 0 Å². The molecule has 1 aromatic heterocycles. The fraction of sp³-hybridized carbons (Fsp3) is 0.444. The molecule has 2 N–H and O–H groups in total. The summed E-state index contributed by atoms with van der Waals surface area (Å²) in [6, 6.07) is 0. The Bertz CT molecular complexity index is 286. The van der Waals surface area contributed by atoms with Crippen molar-refractivity contribution < 1.29 is 4.74 Å². The van der Waals surface area contributed by atoms with Crippen LogP contribution in [0.1, 0.15) is 0 Å². The Morgan fingerprint density at radius 1 is 1.57 bits per heavy atom. The van der Waals surface area contributed by atoms with Gasteiger partial charge in [-0.15, -0.1) is 0 Å². The Hall–Kier alpha value is -0.810. The molecule has 0 amide bonds. The first-order valence-electron chi connectivity index (χ1n) is 4.26. The molecule has 0 fully saturated rings. The summed E-state index contributed by atoms with van der Waals surface area (Å²) in [7, 11) is 3.65. The summed E-state index contributed by atoms with van der Waals surface area (Å²) in [6.45, 7) is 1.47. The van der Waals surface area contributed by atoms with E-state index in [9.17, 15) is 0 Å². The molecular formula is C9H14BrN3O. The Labute approximate surface area is 92.2 Å². The third-order valence-electron chi connectivity index (χ3n) is 1.91. The van der Waals surface area contributed by atoms with Gasteiger partial charge in [0.25, 0.3) is 0 Å². The van der Waals surface area contributed by atoms with Gasteiger partial charge in [-0.2, -0.15) is 0 Å². The lowest BCUT2D eigenvalue weighted by Gasteiger charge is -2.21. The predicted molar refractivity (Wildman–Crippen MR) is 61.5 cm³/mol. The summed E-state index contributed by atoms with van der Waals surface area (Å²) >= 11 is 3.41. The van der Waals surface area contributed by atoms with Crippen LogP contribution < -0.4 is 10.6 Å². The van der Waals surface area contributed by atoms with E-state index >= 15 is 0 Å². The SMILES string of the molecule is COCCN(C)c1c(N)cncc1Br. The summed E-state index contributed by atoms with van der Waals surface area (Å²) in [5, 5.41) is 0. The number of anilines is 2. The van der Waals surface area contributed by atoms with E-state index in [1.54, 1.807) is 19.5 Å². The fourth-order valence-corrected chi connectivity index (χ4v) is 1.84. The summed E-state index contributed by atoms with van der Waals surface area (Å²) in [5.41, 5.74) is 7.44. The zero-order valence-electron chi connectivity index (χ0n) is 8.33. The molecule has 4 nitrogen and oxygen atoms in total. The van der Waals surface area contributed by atoms with Gasteiger partial charge in [-0.1, -0.05) is 0 Å². The van der Waals surface area contributed by atoms with Crippen LogP contribution in [0.15, 0.2) is 16.9 Å². The molecule has 0 aromatic carbocycles. The molecule has 0 saturated carbocycles. The smallest absolute Gasteiger partial charge is 0.0774 e. The van der Waals surface area contributed by atoms with E-state index in [-0.39, 0.29) is 0 Å². The summed E-state index contributed by atoms with van der Waals surface area (Å²) in [4.78, 5) is 6.01. The predicted octanol–water partition coefficient (Wildman–Crippen LogP) is 1.51. The molecule has 0 bridgehead atoms. The van der Waals surface area contributed by atoms with E-state index in [1.165, 1.54) is 0 Å². The van der Waals surface area contributed by atoms with Crippen molar-refractivity contribution in [1.29, 1.82) is 0 Å². The Morgan fingerprint density at radius 2 is 2.29 bits per heavy atom. The zero-order valence-corrected chi connectivity index (χ0v) is 9.91. The number of hydrogen-bond donors (Lipinski definition) is 1. The number of likely N-dealkylation sites (N-methyl/N-ethyl adjacent to an activating group) is 1. The summed E-state index contributed by atoms with van der Waals surface area (Å²) < 4.78 is 5.90. The molecule has 0 radical (unpaired) electrons. The largest absolute Gasteiger partial charge is 0.396 e. The van der Waals surface area contributed by atoms with Crippen molar-refractivity contribution in [1.82, 2.24) is 4.98 Å². The van der Waals surface area contributed by atoms with Gasteiger partial charge in [0.2, 0.25) is 0 Å². The molecule has 0 atom stereocenters. The van der Waals surface area contributed by atoms with Gasteiger partial charge in [0.1, 0.15) is 0 Å². The molecule has 1 rings (SSSR count). The molecule has 78 valence electrons. The average Bonchev–Trinajstić information content (AvgIpc) is 2.14. The van der Waals surface area contributed by atoms with Crippen molar-refractivity contribution in [3.63, 3.8) is 0 Å². The van der Waals surface area contributed by atoms with E-state index in [0.717, 1.165) is 16.7 Å². The van der Waals surface area contributed by atoms with E-state index in [2.05, 4.69) is 20.9 Å². The standard InChI is InChI=1S/C9H14BrN3O/c1-13(3-4-14-2)9-7(10)5-12-6-8(9)11/h5-6H,3-4,11H2,1-2H3. The van der Waals surface area contributed by atoms with Crippen LogP contribution in [0.2, 0.25) is 0 Å². The van der Waals surface area contributed by atoms with Crippen LogP contribution in [-0.2, 0) is 4.74 Å². The van der Waals surface area contributed by atoms with E-state index in [4.69, 9.17) is 10.5 Å². The number of aromatic nitrogens is 1. The van der Waals surface area contributed by atoms with Crippen molar-refractivity contribution in [2.75, 3.05) is 37.9 Å². The monoisotopic (exact) mass is 259 g/mol. The fourth-order valence-electron chi connectivity index (χ4n) is 1.19. The van der Waals surface area contributed by atoms with Gasteiger partial charge < -0.3 is 15.4 Å². The van der Waals surface area contributed by atoms with Crippen LogP contribution >= 0.6 is 15.9 Å². The molecule has 0 unspecified atom stereocenters. The number of methoxy groups -OCH3 is 1. The van der Waals surface area contributed by atoms with E-state index in [1.807, 2.05) is 11.9 Å². The number of pyridine rings is 1. The molecule has 0 aliphatic carbocycles. The quantitative estimate of drug-likeness (QED) is 0.891. The second kappa shape index (κ2) is 5.17. The number of halogens is 1. The molecule has 0 spiro atoms. The molecule has 0 saturated heterocycles. The number of hydrogen-bond acceptors (Lipinski definition) is 4. The first kappa shape index (κ1) is 11.3. The number of nitrogens with two attached hydrogens (primary N) is 1. The third kappa shape index (κ3) is 2.59. The van der Waals surface area contributed by atoms with Crippen LogP contribution in [0, 0.1) is 0 Å². The second-order valence-corrected chi connectivity index (χ2v) is 3.83. The van der Waals surface area contributed by atoms with Crippen LogP contribution in [0.3, 0.4) is 0 Å². The van der Waals surface area contributed by atoms with Crippen molar-refractivity contribution in [2.24, 2.45) is 0 Å². The minimum atomic E-state index is 0.665. The second-order valence-electron chi connectivity index (χ2n) is 2.97. The molecule has 14 heavy (non-hydrogen) atoms. The maximum absolute atomic E-state index is 5.82. The van der Waals surface area contributed by atoms with Gasteiger partial charge in [0, 0.05) is 26.9 Å². The number of ether oxygens (including phenoxy) is 1. The highest BCUT2D eigenvalue weighted by Crippen LogP contribution is 2.29. The van der Waals surface area contributed by atoms with E-state index in [0.29, 0.717) is 12.3 Å². The number of nitrogen functional groups attached to an aromatic ring is 1. The van der Waals surface area contributed by atoms with Crippen molar-refractivity contribution in [3.8, 4) is 0 Å². The van der Waals surface area contributed by atoms with Gasteiger partial charge in [0.05, 0.1) is 28.7 Å². The lowest BCUT2D eigenvalue weighted by molar-refractivity contribution is 0.206.